The van der Waals surface area contributed by atoms with Gasteiger partial charge in [-0.3, -0.25) is 9.89 Å². The zero-order chi connectivity index (χ0) is 16.1. The molecule has 0 bridgehead atoms. The first kappa shape index (κ1) is 15.4. The highest BCUT2D eigenvalue weighted by Crippen LogP contribution is 2.17. The highest BCUT2D eigenvalue weighted by Gasteiger charge is 2.10. The predicted octanol–water partition coefficient (Wildman–Crippen LogP) is 3.42. The van der Waals surface area contributed by atoms with Crippen molar-refractivity contribution in [1.29, 1.82) is 0 Å². The van der Waals surface area contributed by atoms with E-state index in [2.05, 4.69) is 27.4 Å². The number of benzene rings is 1. The fraction of sp³-hybridized carbons (Fsp3) is 0.235. The number of nitrogens with zero attached hydrogens (tertiary/aromatic N) is 2. The summed E-state index contributed by atoms with van der Waals surface area (Å²) < 4.78 is 0. The van der Waals surface area contributed by atoms with E-state index in [-0.39, 0.29) is 5.91 Å². The van der Waals surface area contributed by atoms with Crippen LogP contribution in [0.15, 0.2) is 42.7 Å². The molecule has 0 unspecified atom stereocenters. The summed E-state index contributed by atoms with van der Waals surface area (Å²) in [5.41, 5.74) is 3.11. The molecule has 0 aliphatic rings. The number of amides is 1. The maximum Gasteiger partial charge on any atom is 0.263 e. The van der Waals surface area contributed by atoms with E-state index in [1.54, 1.807) is 12.4 Å². The molecule has 0 aliphatic heterocycles. The van der Waals surface area contributed by atoms with E-state index in [9.17, 15) is 4.79 Å². The molecular weight excluding hydrogens is 308 g/mol. The number of rotatable bonds is 6. The van der Waals surface area contributed by atoms with Crippen LogP contribution in [0.5, 0.6) is 0 Å². The number of hydrogen-bond acceptors (Lipinski definition) is 4. The second kappa shape index (κ2) is 7.19. The van der Waals surface area contributed by atoms with Gasteiger partial charge in [0.2, 0.25) is 0 Å². The third-order valence-electron chi connectivity index (χ3n) is 3.46. The molecule has 1 aromatic carbocycles. The first-order chi connectivity index (χ1) is 11.3. The zero-order valence-corrected chi connectivity index (χ0v) is 13.7. The summed E-state index contributed by atoms with van der Waals surface area (Å²) in [4.78, 5) is 17.1. The third kappa shape index (κ3) is 3.84. The van der Waals surface area contributed by atoms with Gasteiger partial charge < -0.3 is 5.32 Å². The Balaban J connectivity index is 1.58. The van der Waals surface area contributed by atoms with Crippen LogP contribution in [0, 0.1) is 0 Å². The molecule has 0 saturated heterocycles. The number of nitrogens with one attached hydrogen (secondary N) is 2. The van der Waals surface area contributed by atoms with Crippen LogP contribution in [0.3, 0.4) is 0 Å². The molecule has 6 heteroatoms. The molecule has 0 fully saturated rings. The summed E-state index contributed by atoms with van der Waals surface area (Å²) in [6.45, 7) is 2.61. The van der Waals surface area contributed by atoms with E-state index >= 15 is 0 Å². The fourth-order valence-corrected chi connectivity index (χ4v) is 3.17. The molecule has 3 rings (SSSR count). The molecule has 2 heterocycles. The van der Waals surface area contributed by atoms with Gasteiger partial charge in [0.05, 0.1) is 16.9 Å². The second-order valence-electron chi connectivity index (χ2n) is 5.22. The van der Waals surface area contributed by atoms with Crippen LogP contribution in [-0.4, -0.2) is 21.1 Å². The molecule has 23 heavy (non-hydrogen) atoms. The molecule has 0 radical (unpaired) electrons. The van der Waals surface area contributed by atoms with Gasteiger partial charge in [-0.1, -0.05) is 31.2 Å². The Hall–Kier alpha value is -2.47. The fourth-order valence-electron chi connectivity index (χ4n) is 2.23. The van der Waals surface area contributed by atoms with Crippen molar-refractivity contribution in [3.05, 3.63) is 58.2 Å². The Kier molecular flexibility index (Phi) is 4.83. The monoisotopic (exact) mass is 326 g/mol. The number of aromatic amines is 1. The Morgan fingerprint density at radius 2 is 2.09 bits per heavy atom. The van der Waals surface area contributed by atoms with Crippen molar-refractivity contribution in [1.82, 2.24) is 20.5 Å². The Labute approximate surface area is 138 Å². The topological polar surface area (TPSA) is 70.7 Å². The van der Waals surface area contributed by atoms with Crippen molar-refractivity contribution >= 4 is 17.2 Å². The van der Waals surface area contributed by atoms with Crippen molar-refractivity contribution < 1.29 is 4.79 Å². The minimum atomic E-state index is -0.0671. The highest BCUT2D eigenvalue weighted by molar-refractivity contribution is 7.13. The summed E-state index contributed by atoms with van der Waals surface area (Å²) in [5, 5.41) is 10.8. The first-order valence-electron chi connectivity index (χ1n) is 7.58. The molecule has 0 spiro atoms. The van der Waals surface area contributed by atoms with Crippen molar-refractivity contribution in [2.75, 3.05) is 0 Å². The van der Waals surface area contributed by atoms with Crippen molar-refractivity contribution in [2.45, 2.75) is 26.3 Å². The lowest BCUT2D eigenvalue weighted by atomic mass is 10.1. The lowest BCUT2D eigenvalue weighted by Gasteiger charge is -2.05. The molecule has 0 atom stereocenters. The molecule has 0 saturated carbocycles. The normalized spacial score (nSPS) is 10.7. The minimum absolute atomic E-state index is 0.0671. The van der Waals surface area contributed by atoms with Gasteiger partial charge in [-0.15, -0.1) is 11.3 Å². The van der Waals surface area contributed by atoms with Crippen LogP contribution in [-0.2, 0) is 13.0 Å². The average molecular weight is 326 g/mol. The van der Waals surface area contributed by atoms with Gasteiger partial charge in [0.25, 0.3) is 5.91 Å². The maximum absolute atomic E-state index is 12.1. The number of H-pyrrole nitrogens is 1. The van der Waals surface area contributed by atoms with Gasteiger partial charge in [0.1, 0.15) is 4.88 Å². The predicted molar refractivity (Wildman–Crippen MR) is 91.3 cm³/mol. The van der Waals surface area contributed by atoms with Gasteiger partial charge in [0.15, 0.2) is 0 Å². The molecule has 3 aromatic rings. The molecule has 0 aliphatic carbocycles. The van der Waals surface area contributed by atoms with E-state index in [4.69, 9.17) is 0 Å². The lowest BCUT2D eigenvalue weighted by Crippen LogP contribution is -2.21. The molecule has 5 nitrogen and oxygen atoms in total. The molecule has 1 amide bonds. The quantitative estimate of drug-likeness (QED) is 0.729. The third-order valence-corrected chi connectivity index (χ3v) is 4.52. The molecule has 2 aromatic heterocycles. The van der Waals surface area contributed by atoms with Gasteiger partial charge in [0, 0.05) is 12.7 Å². The zero-order valence-electron chi connectivity index (χ0n) is 12.9. The number of carbonyl (C=O) groups excluding carboxylic acids is 1. The Bertz CT molecular complexity index is 762. The molecule has 2 N–H and O–H groups in total. The van der Waals surface area contributed by atoms with Gasteiger partial charge >= 0.3 is 0 Å². The van der Waals surface area contributed by atoms with E-state index in [1.807, 2.05) is 30.3 Å². The van der Waals surface area contributed by atoms with Crippen LogP contribution in [0.1, 0.15) is 33.6 Å². The summed E-state index contributed by atoms with van der Waals surface area (Å²) in [5.74, 6) is -0.0671. The standard InChI is InChI=1S/C17H18N4OS/c1-2-3-16-18-11-15(23-16)17(22)19-10-12-4-6-13(7-5-12)14-8-9-20-21-14/h4-9,11H,2-3,10H2,1H3,(H,19,22)(H,20,21). The SMILES string of the molecule is CCCc1ncc(C(=O)NCc2ccc(-c3ccn[nH]3)cc2)s1. The summed E-state index contributed by atoms with van der Waals surface area (Å²) >= 11 is 1.47. The average Bonchev–Trinajstić information content (AvgIpc) is 3.25. The second-order valence-corrected chi connectivity index (χ2v) is 6.33. The van der Waals surface area contributed by atoms with Gasteiger partial charge in [-0.2, -0.15) is 5.10 Å². The van der Waals surface area contributed by atoms with Crippen LogP contribution < -0.4 is 5.32 Å². The number of aromatic nitrogens is 3. The maximum atomic E-state index is 12.1. The van der Waals surface area contributed by atoms with E-state index < -0.39 is 0 Å². The van der Waals surface area contributed by atoms with E-state index in [0.717, 1.165) is 34.7 Å². The van der Waals surface area contributed by atoms with Crippen LogP contribution >= 0.6 is 11.3 Å². The van der Waals surface area contributed by atoms with Gasteiger partial charge in [-0.25, -0.2) is 4.98 Å². The molecular formula is C17H18N4OS. The van der Waals surface area contributed by atoms with Crippen LogP contribution in [0.2, 0.25) is 0 Å². The minimum Gasteiger partial charge on any atom is -0.347 e. The van der Waals surface area contributed by atoms with E-state index in [1.165, 1.54) is 11.3 Å². The van der Waals surface area contributed by atoms with E-state index in [0.29, 0.717) is 11.4 Å². The van der Waals surface area contributed by atoms with Crippen LogP contribution in [0.25, 0.3) is 11.3 Å². The Morgan fingerprint density at radius 1 is 1.26 bits per heavy atom. The first-order valence-corrected chi connectivity index (χ1v) is 8.39. The Morgan fingerprint density at radius 3 is 2.78 bits per heavy atom. The van der Waals surface area contributed by atoms with Crippen molar-refractivity contribution in [3.8, 4) is 11.3 Å². The summed E-state index contributed by atoms with van der Waals surface area (Å²) in [7, 11) is 0. The number of hydrogen-bond donors (Lipinski definition) is 2. The smallest absolute Gasteiger partial charge is 0.263 e. The van der Waals surface area contributed by atoms with Gasteiger partial charge in [-0.05, 0) is 30.0 Å². The number of carbonyl (C=O) groups is 1. The molecule has 118 valence electrons. The van der Waals surface area contributed by atoms with Crippen molar-refractivity contribution in [2.24, 2.45) is 0 Å². The lowest BCUT2D eigenvalue weighted by molar-refractivity contribution is 0.0955. The summed E-state index contributed by atoms with van der Waals surface area (Å²) in [6, 6.07) is 9.97. The summed E-state index contributed by atoms with van der Waals surface area (Å²) in [6.07, 6.45) is 5.35. The number of thiazole rings is 1. The van der Waals surface area contributed by atoms with Crippen molar-refractivity contribution in [3.63, 3.8) is 0 Å². The highest BCUT2D eigenvalue weighted by atomic mass is 32.1. The largest absolute Gasteiger partial charge is 0.347 e. The van der Waals surface area contributed by atoms with Crippen LogP contribution in [0.4, 0.5) is 0 Å². The number of aryl methyl sites for hydroxylation is 1.